The first-order valence-corrected chi connectivity index (χ1v) is 11.6. The number of carbonyl (C=O) groups excluding carboxylic acids is 1. The van der Waals surface area contributed by atoms with Crippen LogP contribution in [0.3, 0.4) is 0 Å². The van der Waals surface area contributed by atoms with Crippen molar-refractivity contribution in [3.8, 4) is 11.3 Å². The first kappa shape index (κ1) is 21.2. The van der Waals surface area contributed by atoms with Crippen LogP contribution in [0.25, 0.3) is 11.3 Å². The van der Waals surface area contributed by atoms with E-state index in [0.29, 0.717) is 17.7 Å². The average molecular weight is 447 g/mol. The summed E-state index contributed by atoms with van der Waals surface area (Å²) in [7, 11) is 1.80. The Kier molecular flexibility index (Phi) is 5.85. The molecule has 2 aromatic heterocycles. The van der Waals surface area contributed by atoms with Crippen LogP contribution in [0.15, 0.2) is 48.8 Å². The Labute approximate surface area is 193 Å². The number of aromatic nitrogens is 4. The maximum absolute atomic E-state index is 12.4. The number of nitrogens with zero attached hydrogens (tertiary/aromatic N) is 4. The third-order valence-corrected chi connectivity index (χ3v) is 6.65. The number of benzene rings is 1. The summed E-state index contributed by atoms with van der Waals surface area (Å²) in [5.41, 5.74) is 8.92. The quantitative estimate of drug-likeness (QED) is 0.462. The van der Waals surface area contributed by atoms with Gasteiger partial charge in [-0.2, -0.15) is 5.10 Å². The standard InChI is InChI=1S/C24H30N8O/c1-32-22(25)19(14-27-32)20-11-12-26-23(30-20)28-16-7-9-17(10-8-16)29-24(33)31-21-13-18(21)15-5-3-2-4-6-15/h2-6,11-12,14,16-18,21H,7-10,13,25H2,1H3,(H,26,28,30)(H2,29,31,33)/t16?,17?,18?,21-/m1/s1. The van der Waals surface area contributed by atoms with Crippen molar-refractivity contribution in [2.24, 2.45) is 7.05 Å². The molecule has 1 unspecified atom stereocenters. The number of aryl methyl sites for hydroxylation is 1. The van der Waals surface area contributed by atoms with Gasteiger partial charge in [0.15, 0.2) is 0 Å². The Morgan fingerprint density at radius 2 is 1.82 bits per heavy atom. The van der Waals surface area contributed by atoms with Crippen molar-refractivity contribution in [1.29, 1.82) is 0 Å². The van der Waals surface area contributed by atoms with Gasteiger partial charge in [0, 0.05) is 37.3 Å². The Morgan fingerprint density at radius 3 is 2.55 bits per heavy atom. The smallest absolute Gasteiger partial charge is 0.315 e. The number of hydrogen-bond acceptors (Lipinski definition) is 6. The van der Waals surface area contributed by atoms with Gasteiger partial charge in [0.2, 0.25) is 5.95 Å². The second-order valence-electron chi connectivity index (χ2n) is 9.00. The van der Waals surface area contributed by atoms with Crippen molar-refractivity contribution in [2.75, 3.05) is 11.1 Å². The van der Waals surface area contributed by atoms with Gasteiger partial charge >= 0.3 is 6.03 Å². The fourth-order valence-electron chi connectivity index (χ4n) is 4.61. The molecular weight excluding hydrogens is 416 g/mol. The first-order valence-electron chi connectivity index (χ1n) is 11.6. The van der Waals surface area contributed by atoms with Crippen LogP contribution in [0.5, 0.6) is 0 Å². The predicted molar refractivity (Wildman–Crippen MR) is 128 cm³/mol. The first-order chi connectivity index (χ1) is 16.1. The highest BCUT2D eigenvalue weighted by molar-refractivity contribution is 5.75. The highest BCUT2D eigenvalue weighted by Gasteiger charge is 2.39. The Morgan fingerprint density at radius 1 is 1.06 bits per heavy atom. The molecule has 0 aliphatic heterocycles. The zero-order valence-electron chi connectivity index (χ0n) is 18.7. The average Bonchev–Trinajstić information content (AvgIpc) is 3.51. The summed E-state index contributed by atoms with van der Waals surface area (Å²) in [4.78, 5) is 21.4. The van der Waals surface area contributed by atoms with E-state index >= 15 is 0 Å². The minimum atomic E-state index is -0.0556. The molecule has 9 nitrogen and oxygen atoms in total. The van der Waals surface area contributed by atoms with Gasteiger partial charge in [-0.3, -0.25) is 4.68 Å². The maximum atomic E-state index is 12.4. The van der Waals surface area contributed by atoms with E-state index in [1.807, 2.05) is 24.3 Å². The minimum Gasteiger partial charge on any atom is -0.383 e. The molecule has 9 heteroatoms. The number of carbonyl (C=O) groups is 1. The molecular formula is C24H30N8O. The van der Waals surface area contributed by atoms with E-state index in [0.717, 1.165) is 43.4 Å². The summed E-state index contributed by atoms with van der Waals surface area (Å²) in [5, 5.41) is 13.9. The highest BCUT2D eigenvalue weighted by atomic mass is 16.2. The SMILES string of the molecule is Cn1ncc(-c2ccnc(NC3CCC(NC(=O)N[C@@H]4CC4c4ccccc4)CC3)n2)c1N. The molecule has 0 saturated heterocycles. The fourth-order valence-corrected chi connectivity index (χ4v) is 4.61. The summed E-state index contributed by atoms with van der Waals surface area (Å²) in [6, 6.07) is 12.9. The molecule has 2 amide bonds. The Hall–Kier alpha value is -3.62. The molecule has 2 heterocycles. The summed E-state index contributed by atoms with van der Waals surface area (Å²) >= 11 is 0. The van der Waals surface area contributed by atoms with Gasteiger partial charge < -0.3 is 21.7 Å². The fraction of sp³-hybridized carbons (Fsp3) is 0.417. The van der Waals surface area contributed by atoms with Crippen molar-refractivity contribution in [2.45, 2.75) is 56.1 Å². The number of urea groups is 1. The molecule has 0 bridgehead atoms. The van der Waals surface area contributed by atoms with Crippen molar-refractivity contribution in [3.63, 3.8) is 0 Å². The molecule has 0 radical (unpaired) electrons. The molecule has 2 fully saturated rings. The second kappa shape index (κ2) is 9.09. The van der Waals surface area contributed by atoms with E-state index in [1.165, 1.54) is 5.56 Å². The Balaban J connectivity index is 1.08. The molecule has 2 aliphatic rings. The summed E-state index contributed by atoms with van der Waals surface area (Å²) in [6.07, 6.45) is 8.20. The second-order valence-corrected chi connectivity index (χ2v) is 9.00. The molecule has 3 aromatic rings. The van der Waals surface area contributed by atoms with Crippen LogP contribution < -0.4 is 21.7 Å². The van der Waals surface area contributed by atoms with Crippen LogP contribution in [0.4, 0.5) is 16.6 Å². The largest absolute Gasteiger partial charge is 0.383 e. The van der Waals surface area contributed by atoms with Gasteiger partial charge in [0.05, 0.1) is 17.5 Å². The van der Waals surface area contributed by atoms with E-state index in [-0.39, 0.29) is 24.2 Å². The summed E-state index contributed by atoms with van der Waals surface area (Å²) < 4.78 is 1.63. The van der Waals surface area contributed by atoms with Crippen LogP contribution in [0.2, 0.25) is 0 Å². The zero-order valence-corrected chi connectivity index (χ0v) is 18.7. The van der Waals surface area contributed by atoms with Crippen molar-refractivity contribution in [3.05, 3.63) is 54.4 Å². The lowest BCUT2D eigenvalue weighted by Crippen LogP contribution is -2.45. The monoisotopic (exact) mass is 446 g/mol. The molecule has 2 aliphatic carbocycles. The van der Waals surface area contributed by atoms with Gasteiger partial charge in [0.1, 0.15) is 5.82 Å². The molecule has 1 aromatic carbocycles. The van der Waals surface area contributed by atoms with E-state index in [2.05, 4.69) is 43.1 Å². The molecule has 172 valence electrons. The van der Waals surface area contributed by atoms with Crippen molar-refractivity contribution >= 4 is 17.8 Å². The number of rotatable bonds is 6. The number of amides is 2. The van der Waals surface area contributed by atoms with Gasteiger partial charge in [-0.1, -0.05) is 30.3 Å². The maximum Gasteiger partial charge on any atom is 0.315 e. The number of anilines is 2. The molecule has 0 spiro atoms. The number of nitrogen functional groups attached to an aromatic ring is 1. The van der Waals surface area contributed by atoms with Crippen molar-refractivity contribution in [1.82, 2.24) is 30.4 Å². The van der Waals surface area contributed by atoms with Crippen LogP contribution >= 0.6 is 0 Å². The van der Waals surface area contributed by atoms with Crippen LogP contribution in [-0.2, 0) is 7.05 Å². The van der Waals surface area contributed by atoms with E-state index in [1.54, 1.807) is 24.1 Å². The molecule has 33 heavy (non-hydrogen) atoms. The predicted octanol–water partition coefficient (Wildman–Crippen LogP) is 3.04. The van der Waals surface area contributed by atoms with Crippen molar-refractivity contribution < 1.29 is 4.79 Å². The highest BCUT2D eigenvalue weighted by Crippen LogP contribution is 2.40. The minimum absolute atomic E-state index is 0.0556. The number of nitrogens with two attached hydrogens (primary N) is 1. The third kappa shape index (κ3) is 4.92. The molecule has 5 rings (SSSR count). The zero-order chi connectivity index (χ0) is 22.8. The van der Waals surface area contributed by atoms with E-state index in [4.69, 9.17) is 5.73 Å². The van der Waals surface area contributed by atoms with Gasteiger partial charge in [-0.25, -0.2) is 14.8 Å². The lowest BCUT2D eigenvalue weighted by Gasteiger charge is -2.29. The lowest BCUT2D eigenvalue weighted by molar-refractivity contribution is 0.231. The normalized spacial score (nSPS) is 24.2. The van der Waals surface area contributed by atoms with Gasteiger partial charge in [0.25, 0.3) is 0 Å². The van der Waals surface area contributed by atoms with Crippen LogP contribution in [-0.4, -0.2) is 43.9 Å². The van der Waals surface area contributed by atoms with Gasteiger partial charge in [-0.05, 0) is 43.7 Å². The lowest BCUT2D eigenvalue weighted by atomic mass is 9.91. The number of hydrogen-bond donors (Lipinski definition) is 4. The topological polar surface area (TPSA) is 123 Å². The van der Waals surface area contributed by atoms with Gasteiger partial charge in [-0.15, -0.1) is 0 Å². The molecule has 2 saturated carbocycles. The molecule has 2 atom stereocenters. The summed E-state index contributed by atoms with van der Waals surface area (Å²) in [6.45, 7) is 0. The van der Waals surface area contributed by atoms with Crippen LogP contribution in [0.1, 0.15) is 43.6 Å². The van der Waals surface area contributed by atoms with Crippen LogP contribution in [0, 0.1) is 0 Å². The third-order valence-electron chi connectivity index (χ3n) is 6.65. The van der Waals surface area contributed by atoms with E-state index in [9.17, 15) is 4.79 Å². The summed E-state index contributed by atoms with van der Waals surface area (Å²) in [5.74, 6) is 1.60. The molecule has 5 N–H and O–H groups in total. The van der Waals surface area contributed by atoms with E-state index < -0.39 is 0 Å². The Bertz CT molecular complexity index is 1110. The number of nitrogens with one attached hydrogen (secondary N) is 3.